The van der Waals surface area contributed by atoms with E-state index in [1.807, 2.05) is 30.3 Å². The summed E-state index contributed by atoms with van der Waals surface area (Å²) in [4.78, 5) is 24.0. The second kappa shape index (κ2) is 8.84. The van der Waals surface area contributed by atoms with Gasteiger partial charge in [0.2, 0.25) is 0 Å². The van der Waals surface area contributed by atoms with Gasteiger partial charge in [-0.25, -0.2) is 9.59 Å². The number of alkyl carbamates (subject to hydrolysis) is 1. The van der Waals surface area contributed by atoms with Crippen LogP contribution in [0.2, 0.25) is 0 Å². The normalized spacial score (nSPS) is 11.7. The molecule has 1 aromatic carbocycles. The van der Waals surface area contributed by atoms with Gasteiger partial charge in [0.1, 0.15) is 18.2 Å². The van der Waals surface area contributed by atoms with Crippen molar-refractivity contribution in [2.75, 3.05) is 0 Å². The third-order valence-corrected chi connectivity index (χ3v) is 2.68. The fourth-order valence-electron chi connectivity index (χ4n) is 1.68. The quantitative estimate of drug-likeness (QED) is 0.669. The van der Waals surface area contributed by atoms with Crippen LogP contribution in [0.15, 0.2) is 30.3 Å². The highest BCUT2D eigenvalue weighted by Crippen LogP contribution is 2.08. The summed E-state index contributed by atoms with van der Waals surface area (Å²) < 4.78 is 10.4. The molecule has 1 amide bonds. The lowest BCUT2D eigenvalue weighted by atomic mass is 10.2. The summed E-state index contributed by atoms with van der Waals surface area (Å²) >= 11 is 0. The minimum atomic E-state index is -0.860. The summed E-state index contributed by atoms with van der Waals surface area (Å²) in [7, 11) is 0. The monoisotopic (exact) mass is 317 g/mol. The Morgan fingerprint density at radius 2 is 1.87 bits per heavy atom. The van der Waals surface area contributed by atoms with Crippen molar-refractivity contribution in [1.29, 1.82) is 0 Å². The van der Waals surface area contributed by atoms with Crippen LogP contribution in [-0.2, 0) is 20.9 Å². The number of rotatable bonds is 5. The third kappa shape index (κ3) is 7.91. The van der Waals surface area contributed by atoms with E-state index in [0.29, 0.717) is 0 Å². The summed E-state index contributed by atoms with van der Waals surface area (Å²) in [6.07, 6.45) is -0.499. The molecule has 1 aromatic rings. The van der Waals surface area contributed by atoms with Crippen molar-refractivity contribution in [2.45, 2.75) is 52.4 Å². The number of hydrogen-bond acceptors (Lipinski definition) is 4. The summed E-state index contributed by atoms with van der Waals surface area (Å²) in [6.45, 7) is 7.06. The van der Waals surface area contributed by atoms with E-state index in [1.165, 1.54) is 0 Å². The van der Waals surface area contributed by atoms with Crippen LogP contribution < -0.4 is 5.32 Å². The fourth-order valence-corrected chi connectivity index (χ4v) is 1.68. The predicted octanol–water partition coefficient (Wildman–Crippen LogP) is 3.04. The van der Waals surface area contributed by atoms with Gasteiger partial charge in [-0.3, -0.25) is 0 Å². The van der Waals surface area contributed by atoms with Crippen LogP contribution >= 0.6 is 0 Å². The molecule has 124 valence electrons. The second-order valence-corrected chi connectivity index (χ2v) is 5.92. The molecule has 0 aliphatic carbocycles. The number of amides is 1. The first kappa shape index (κ1) is 18.6. The molecule has 1 atom stereocenters. The molecule has 5 heteroatoms. The molecular weight excluding hydrogens is 294 g/mol. The van der Waals surface area contributed by atoms with Crippen LogP contribution in [0.1, 0.15) is 39.7 Å². The third-order valence-electron chi connectivity index (χ3n) is 2.68. The second-order valence-electron chi connectivity index (χ2n) is 5.92. The molecule has 0 saturated heterocycles. The summed E-state index contributed by atoms with van der Waals surface area (Å²) in [5, 5.41) is 2.51. The molecule has 23 heavy (non-hydrogen) atoms. The van der Waals surface area contributed by atoms with Gasteiger partial charge in [0.15, 0.2) is 0 Å². The molecule has 0 unspecified atom stereocenters. The van der Waals surface area contributed by atoms with E-state index in [4.69, 9.17) is 9.47 Å². The van der Waals surface area contributed by atoms with Crippen LogP contribution in [0.25, 0.3) is 0 Å². The molecule has 1 N–H and O–H groups in total. The summed E-state index contributed by atoms with van der Waals surface area (Å²) in [5.41, 5.74) is 0.234. The van der Waals surface area contributed by atoms with Gasteiger partial charge in [0.05, 0.1) is 0 Å². The van der Waals surface area contributed by atoms with Gasteiger partial charge < -0.3 is 14.8 Å². The maximum absolute atomic E-state index is 12.2. The Kier molecular flexibility index (Phi) is 7.14. The van der Waals surface area contributed by atoms with Crippen molar-refractivity contribution in [2.24, 2.45) is 0 Å². The SMILES string of the molecule is CC#CC[C@H](NC(=O)OC(C)(C)C)C(=O)OCc1ccccc1. The Morgan fingerprint density at radius 3 is 2.43 bits per heavy atom. The molecule has 0 bridgehead atoms. The Hall–Kier alpha value is -2.48. The number of carbonyl (C=O) groups is 2. The highest BCUT2D eigenvalue weighted by Gasteiger charge is 2.24. The number of esters is 1. The van der Waals surface area contributed by atoms with E-state index in [1.54, 1.807) is 27.7 Å². The molecule has 0 saturated carbocycles. The first-order valence-electron chi connectivity index (χ1n) is 7.41. The average molecular weight is 317 g/mol. The largest absolute Gasteiger partial charge is 0.459 e. The molecule has 0 aliphatic rings. The van der Waals surface area contributed by atoms with Gasteiger partial charge >= 0.3 is 12.1 Å². The standard InChI is InChI=1S/C18H23NO4/c1-5-6-12-15(19-17(21)23-18(2,3)4)16(20)22-13-14-10-8-7-9-11-14/h7-11,15H,12-13H2,1-4H3,(H,19,21)/t15-/m0/s1. The molecule has 1 rings (SSSR count). The van der Waals surface area contributed by atoms with Crippen molar-refractivity contribution >= 4 is 12.1 Å². The lowest BCUT2D eigenvalue weighted by Gasteiger charge is -2.22. The number of benzene rings is 1. The number of carbonyl (C=O) groups excluding carboxylic acids is 2. The lowest BCUT2D eigenvalue weighted by Crippen LogP contribution is -2.44. The van der Waals surface area contributed by atoms with Crippen LogP contribution in [-0.4, -0.2) is 23.7 Å². The van der Waals surface area contributed by atoms with E-state index in [0.717, 1.165) is 5.56 Å². The molecule has 0 radical (unpaired) electrons. The molecule has 0 spiro atoms. The highest BCUT2D eigenvalue weighted by atomic mass is 16.6. The van der Waals surface area contributed by atoms with Crippen LogP contribution in [0.4, 0.5) is 4.79 Å². The Balaban J connectivity index is 2.62. The van der Waals surface area contributed by atoms with Crippen molar-refractivity contribution in [3.8, 4) is 11.8 Å². The molecule has 0 heterocycles. The van der Waals surface area contributed by atoms with Crippen LogP contribution in [0.5, 0.6) is 0 Å². The van der Waals surface area contributed by atoms with E-state index in [-0.39, 0.29) is 13.0 Å². The van der Waals surface area contributed by atoms with Crippen molar-refractivity contribution in [3.63, 3.8) is 0 Å². The molecule has 0 fully saturated rings. The Bertz CT molecular complexity index is 579. The van der Waals surface area contributed by atoms with Gasteiger partial charge in [-0.15, -0.1) is 11.8 Å². The zero-order valence-corrected chi connectivity index (χ0v) is 14.0. The predicted molar refractivity (Wildman–Crippen MR) is 87.5 cm³/mol. The van der Waals surface area contributed by atoms with Crippen molar-refractivity contribution in [1.82, 2.24) is 5.32 Å². The lowest BCUT2D eigenvalue weighted by molar-refractivity contribution is -0.147. The van der Waals surface area contributed by atoms with Gasteiger partial charge in [-0.2, -0.15) is 0 Å². The fraction of sp³-hybridized carbons (Fsp3) is 0.444. The van der Waals surface area contributed by atoms with Crippen molar-refractivity contribution in [3.05, 3.63) is 35.9 Å². The van der Waals surface area contributed by atoms with Gasteiger partial charge in [-0.1, -0.05) is 30.3 Å². The first-order chi connectivity index (χ1) is 10.8. The van der Waals surface area contributed by atoms with Crippen LogP contribution in [0, 0.1) is 11.8 Å². The van der Waals surface area contributed by atoms with Gasteiger partial charge in [0, 0.05) is 6.42 Å². The Labute approximate surface area is 137 Å². The van der Waals surface area contributed by atoms with Crippen molar-refractivity contribution < 1.29 is 19.1 Å². The number of hydrogen-bond donors (Lipinski definition) is 1. The van der Waals surface area contributed by atoms with E-state index in [2.05, 4.69) is 17.2 Å². The Morgan fingerprint density at radius 1 is 1.22 bits per heavy atom. The highest BCUT2D eigenvalue weighted by molar-refractivity contribution is 5.81. The molecule has 0 aromatic heterocycles. The van der Waals surface area contributed by atoms with E-state index >= 15 is 0 Å². The number of nitrogens with one attached hydrogen (secondary N) is 1. The smallest absolute Gasteiger partial charge is 0.408 e. The summed E-state index contributed by atoms with van der Waals surface area (Å²) in [5.74, 6) is 4.93. The molecule has 0 aliphatic heterocycles. The maximum atomic E-state index is 12.2. The zero-order chi connectivity index (χ0) is 17.3. The van der Waals surface area contributed by atoms with Crippen LogP contribution in [0.3, 0.4) is 0 Å². The van der Waals surface area contributed by atoms with Gasteiger partial charge in [-0.05, 0) is 33.3 Å². The topological polar surface area (TPSA) is 64.6 Å². The minimum Gasteiger partial charge on any atom is -0.459 e. The maximum Gasteiger partial charge on any atom is 0.408 e. The van der Waals surface area contributed by atoms with Gasteiger partial charge in [0.25, 0.3) is 0 Å². The average Bonchev–Trinajstić information content (AvgIpc) is 2.48. The van der Waals surface area contributed by atoms with E-state index in [9.17, 15) is 9.59 Å². The number of ether oxygens (including phenoxy) is 2. The molecular formula is C18H23NO4. The summed E-state index contributed by atoms with van der Waals surface area (Å²) in [6, 6.07) is 8.46. The minimum absolute atomic E-state index is 0.145. The van der Waals surface area contributed by atoms with E-state index < -0.39 is 23.7 Å². The molecule has 5 nitrogen and oxygen atoms in total. The first-order valence-corrected chi connectivity index (χ1v) is 7.41. The zero-order valence-electron chi connectivity index (χ0n) is 14.0.